The third-order valence-electron chi connectivity index (χ3n) is 4.01. The van der Waals surface area contributed by atoms with Crippen LogP contribution in [0.4, 0.5) is 5.69 Å². The van der Waals surface area contributed by atoms with Gasteiger partial charge in [-0.2, -0.15) is 0 Å². The van der Waals surface area contributed by atoms with Crippen LogP contribution in [-0.4, -0.2) is 32.1 Å². The van der Waals surface area contributed by atoms with E-state index in [4.69, 9.17) is 4.74 Å². The molecule has 0 saturated carbocycles. The van der Waals surface area contributed by atoms with Crippen LogP contribution in [0, 0.1) is 0 Å². The molecule has 1 N–H and O–H groups in total. The number of hydrogen-bond donors (Lipinski definition) is 1. The molecule has 0 spiro atoms. The fourth-order valence-electron chi connectivity index (χ4n) is 2.78. The second kappa shape index (κ2) is 5.61. The Labute approximate surface area is 114 Å². The van der Waals surface area contributed by atoms with Gasteiger partial charge in [0, 0.05) is 7.05 Å². The number of benzene rings is 1. The number of ether oxygens (including phenoxy) is 1. The molecule has 1 atom stereocenters. The summed E-state index contributed by atoms with van der Waals surface area (Å²) >= 11 is 0. The van der Waals surface area contributed by atoms with Crippen molar-refractivity contribution in [3.05, 3.63) is 24.3 Å². The maximum absolute atomic E-state index is 12.8. The number of carbonyl (C=O) groups is 1. The van der Waals surface area contributed by atoms with Gasteiger partial charge in [-0.25, -0.2) is 0 Å². The number of para-hydroxylation sites is 2. The summed E-state index contributed by atoms with van der Waals surface area (Å²) in [5, 5.41) is 3.38. The van der Waals surface area contributed by atoms with Gasteiger partial charge in [-0.3, -0.25) is 4.79 Å². The van der Waals surface area contributed by atoms with Crippen LogP contribution >= 0.6 is 0 Å². The first-order chi connectivity index (χ1) is 9.14. The standard InChI is InChI=1S/C15H22N2O2/c1-4-15(10-7-11-16-15)14(18)17(2)12-8-5-6-9-13(12)19-3/h5-6,8-9,16H,4,7,10-11H2,1-3H3. The van der Waals surface area contributed by atoms with Crippen LogP contribution in [0.2, 0.25) is 0 Å². The molecule has 1 aliphatic heterocycles. The quantitative estimate of drug-likeness (QED) is 0.904. The van der Waals surface area contributed by atoms with Crippen molar-refractivity contribution in [3.63, 3.8) is 0 Å². The van der Waals surface area contributed by atoms with Gasteiger partial charge in [-0.1, -0.05) is 19.1 Å². The van der Waals surface area contributed by atoms with Crippen molar-refractivity contribution in [3.8, 4) is 5.75 Å². The van der Waals surface area contributed by atoms with Crippen LogP contribution in [0.1, 0.15) is 26.2 Å². The molecule has 2 rings (SSSR count). The molecule has 19 heavy (non-hydrogen) atoms. The molecule has 0 radical (unpaired) electrons. The summed E-state index contributed by atoms with van der Waals surface area (Å²) in [7, 11) is 3.44. The Morgan fingerprint density at radius 1 is 1.47 bits per heavy atom. The van der Waals surface area contributed by atoms with Crippen LogP contribution in [0.15, 0.2) is 24.3 Å². The molecule has 1 aliphatic rings. The zero-order valence-corrected chi connectivity index (χ0v) is 11.9. The van der Waals surface area contributed by atoms with E-state index >= 15 is 0 Å². The molecule has 1 saturated heterocycles. The van der Waals surface area contributed by atoms with Gasteiger partial charge in [0.25, 0.3) is 0 Å². The average molecular weight is 262 g/mol. The average Bonchev–Trinajstić information content (AvgIpc) is 2.95. The predicted molar refractivity (Wildman–Crippen MR) is 76.7 cm³/mol. The zero-order valence-electron chi connectivity index (χ0n) is 11.9. The van der Waals surface area contributed by atoms with Crippen LogP contribution in [0.25, 0.3) is 0 Å². The smallest absolute Gasteiger partial charge is 0.247 e. The fraction of sp³-hybridized carbons (Fsp3) is 0.533. The van der Waals surface area contributed by atoms with E-state index in [2.05, 4.69) is 12.2 Å². The maximum atomic E-state index is 12.8. The Hall–Kier alpha value is -1.55. The van der Waals surface area contributed by atoms with Crippen LogP contribution < -0.4 is 15.0 Å². The number of methoxy groups -OCH3 is 1. The summed E-state index contributed by atoms with van der Waals surface area (Å²) in [5.74, 6) is 0.847. The highest BCUT2D eigenvalue weighted by Gasteiger charge is 2.41. The second-order valence-corrected chi connectivity index (χ2v) is 5.00. The SMILES string of the molecule is CCC1(C(=O)N(C)c2ccccc2OC)CCCN1. The zero-order chi connectivity index (χ0) is 13.9. The summed E-state index contributed by atoms with van der Waals surface area (Å²) in [4.78, 5) is 14.5. The number of hydrogen-bond acceptors (Lipinski definition) is 3. The number of likely N-dealkylation sites (N-methyl/N-ethyl adjacent to an activating group) is 1. The van der Waals surface area contributed by atoms with E-state index in [0.29, 0.717) is 0 Å². The molecule has 1 aromatic rings. The van der Waals surface area contributed by atoms with E-state index < -0.39 is 5.54 Å². The first kappa shape index (κ1) is 13.9. The molecular weight excluding hydrogens is 240 g/mol. The molecule has 4 nitrogen and oxygen atoms in total. The first-order valence-electron chi connectivity index (χ1n) is 6.81. The van der Waals surface area contributed by atoms with Crippen molar-refractivity contribution in [1.82, 2.24) is 5.32 Å². The molecule has 1 unspecified atom stereocenters. The molecule has 0 aromatic heterocycles. The molecular formula is C15H22N2O2. The van der Waals surface area contributed by atoms with Crippen LogP contribution in [0.5, 0.6) is 5.75 Å². The molecule has 1 amide bonds. The van der Waals surface area contributed by atoms with Crippen molar-refractivity contribution in [2.24, 2.45) is 0 Å². The summed E-state index contributed by atoms with van der Waals surface area (Å²) in [6, 6.07) is 7.61. The van der Waals surface area contributed by atoms with Gasteiger partial charge in [0.15, 0.2) is 0 Å². The number of anilines is 1. The minimum Gasteiger partial charge on any atom is -0.495 e. The number of nitrogens with zero attached hydrogens (tertiary/aromatic N) is 1. The Kier molecular flexibility index (Phi) is 4.10. The topological polar surface area (TPSA) is 41.6 Å². The van der Waals surface area contributed by atoms with E-state index in [0.717, 1.165) is 37.2 Å². The highest BCUT2D eigenvalue weighted by Crippen LogP contribution is 2.31. The lowest BCUT2D eigenvalue weighted by molar-refractivity contribution is -0.124. The Morgan fingerprint density at radius 2 is 2.21 bits per heavy atom. The third kappa shape index (κ3) is 2.45. The summed E-state index contributed by atoms with van der Waals surface area (Å²) in [5.41, 5.74) is 0.409. The van der Waals surface area contributed by atoms with Gasteiger partial charge >= 0.3 is 0 Å². The molecule has 0 bridgehead atoms. The van der Waals surface area contributed by atoms with E-state index in [1.165, 1.54) is 0 Å². The Morgan fingerprint density at radius 3 is 2.79 bits per heavy atom. The van der Waals surface area contributed by atoms with E-state index in [1.54, 1.807) is 12.0 Å². The normalized spacial score (nSPS) is 22.3. The molecule has 1 aromatic carbocycles. The lowest BCUT2D eigenvalue weighted by Gasteiger charge is -2.32. The van der Waals surface area contributed by atoms with Crippen molar-refractivity contribution in [2.45, 2.75) is 31.7 Å². The van der Waals surface area contributed by atoms with Gasteiger partial charge in [0.05, 0.1) is 18.3 Å². The minimum atomic E-state index is -0.407. The van der Waals surface area contributed by atoms with E-state index in [9.17, 15) is 4.79 Å². The fourth-order valence-corrected chi connectivity index (χ4v) is 2.78. The van der Waals surface area contributed by atoms with Crippen molar-refractivity contribution >= 4 is 11.6 Å². The lowest BCUT2D eigenvalue weighted by atomic mass is 9.92. The first-order valence-corrected chi connectivity index (χ1v) is 6.81. The summed E-state index contributed by atoms with van der Waals surface area (Å²) < 4.78 is 5.33. The number of carbonyl (C=O) groups excluding carboxylic acids is 1. The van der Waals surface area contributed by atoms with E-state index in [-0.39, 0.29) is 5.91 Å². The number of rotatable bonds is 4. The molecule has 1 fully saturated rings. The third-order valence-corrected chi connectivity index (χ3v) is 4.01. The van der Waals surface area contributed by atoms with Gasteiger partial charge in [-0.05, 0) is 37.9 Å². The highest BCUT2D eigenvalue weighted by atomic mass is 16.5. The van der Waals surface area contributed by atoms with E-state index in [1.807, 2.05) is 31.3 Å². The van der Waals surface area contributed by atoms with Crippen molar-refractivity contribution in [2.75, 3.05) is 25.6 Å². The molecule has 4 heteroatoms. The minimum absolute atomic E-state index is 0.122. The van der Waals surface area contributed by atoms with Gasteiger partial charge in [0.1, 0.15) is 5.75 Å². The van der Waals surface area contributed by atoms with Gasteiger partial charge in [0.2, 0.25) is 5.91 Å². The summed E-state index contributed by atoms with van der Waals surface area (Å²) in [6.45, 7) is 2.98. The second-order valence-electron chi connectivity index (χ2n) is 5.00. The molecule has 1 heterocycles. The number of amides is 1. The Balaban J connectivity index is 2.28. The largest absolute Gasteiger partial charge is 0.495 e. The number of nitrogens with one attached hydrogen (secondary N) is 1. The van der Waals surface area contributed by atoms with Crippen LogP contribution in [0.3, 0.4) is 0 Å². The van der Waals surface area contributed by atoms with Crippen LogP contribution in [-0.2, 0) is 4.79 Å². The van der Waals surface area contributed by atoms with Crippen molar-refractivity contribution in [1.29, 1.82) is 0 Å². The molecule has 0 aliphatic carbocycles. The maximum Gasteiger partial charge on any atom is 0.247 e. The van der Waals surface area contributed by atoms with Gasteiger partial charge in [-0.15, -0.1) is 0 Å². The monoisotopic (exact) mass is 262 g/mol. The summed E-state index contributed by atoms with van der Waals surface area (Å²) in [6.07, 6.45) is 2.77. The van der Waals surface area contributed by atoms with Crippen molar-refractivity contribution < 1.29 is 9.53 Å². The highest BCUT2D eigenvalue weighted by molar-refractivity contribution is 6.01. The van der Waals surface area contributed by atoms with Gasteiger partial charge < -0.3 is 15.0 Å². The Bertz CT molecular complexity index is 453. The lowest BCUT2D eigenvalue weighted by Crippen LogP contribution is -2.53. The molecule has 104 valence electrons. The predicted octanol–water partition coefficient (Wildman–Crippen LogP) is 2.19.